The van der Waals surface area contributed by atoms with Crippen LogP contribution >= 0.6 is 0 Å². The summed E-state index contributed by atoms with van der Waals surface area (Å²) in [5, 5.41) is 10.3. The van der Waals surface area contributed by atoms with Crippen LogP contribution in [-0.2, 0) is 9.59 Å². The van der Waals surface area contributed by atoms with Gasteiger partial charge in [0.15, 0.2) is 0 Å². The Morgan fingerprint density at radius 2 is 0.548 bits per heavy atom. The molecule has 0 atom stereocenters. The van der Waals surface area contributed by atoms with Crippen molar-refractivity contribution in [2.45, 2.75) is 192 Å². The lowest BCUT2D eigenvalue weighted by atomic mass is 9.86. The van der Waals surface area contributed by atoms with E-state index in [0.29, 0.717) is 25.7 Å². The van der Waals surface area contributed by atoms with Gasteiger partial charge in [-0.25, -0.2) is 0 Å². The topological polar surface area (TPSA) is 66.4 Å². The largest absolute Gasteiger partial charge is 0.481 e. The van der Waals surface area contributed by atoms with Crippen molar-refractivity contribution in [2.75, 3.05) is 6.54 Å². The summed E-state index contributed by atoms with van der Waals surface area (Å²) < 4.78 is 464. The van der Waals surface area contributed by atoms with Crippen LogP contribution < -0.4 is 5.32 Å². The summed E-state index contributed by atoms with van der Waals surface area (Å²) in [5.74, 6) is -125. The van der Waals surface area contributed by atoms with Gasteiger partial charge in [-0.15, -0.1) is 0 Å². The van der Waals surface area contributed by atoms with Crippen molar-refractivity contribution in [1.82, 2.24) is 5.32 Å². The van der Waals surface area contributed by atoms with Crippen molar-refractivity contribution < 1.29 is 164 Å². The zero-order chi connectivity index (χ0) is 58.8. The van der Waals surface area contributed by atoms with E-state index in [4.69, 9.17) is 5.11 Å². The number of carbonyl (C=O) groups excluding carboxylic acids is 1. The fraction of sp³-hybridized carbons (Fsp3) is 0.943. The Hall–Kier alpha value is -3.44. The molecule has 2 N–H and O–H groups in total. The molecular weight excluding hydrogens is 1130 g/mol. The van der Waals surface area contributed by atoms with Crippen LogP contribution in [0.2, 0.25) is 0 Å². The third kappa shape index (κ3) is 12.7. The third-order valence-electron chi connectivity index (χ3n) is 10.6. The molecule has 0 radical (unpaired) electrons. The van der Waals surface area contributed by atoms with E-state index in [1.54, 1.807) is 5.32 Å². The normalized spacial score (nSPS) is 15.6. The van der Waals surface area contributed by atoms with Crippen LogP contribution in [0.1, 0.15) is 96.3 Å². The van der Waals surface area contributed by atoms with Gasteiger partial charge in [0.25, 0.3) is 0 Å². The van der Waals surface area contributed by atoms with Crippen LogP contribution in [0.5, 0.6) is 0 Å². The van der Waals surface area contributed by atoms with Crippen molar-refractivity contribution >= 4 is 11.9 Å². The van der Waals surface area contributed by atoms with Crippen molar-refractivity contribution in [3.8, 4) is 0 Å². The van der Waals surface area contributed by atoms with Crippen LogP contribution in [0, 0.1) is 5.92 Å². The molecule has 0 saturated heterocycles. The van der Waals surface area contributed by atoms with Crippen LogP contribution in [0.25, 0.3) is 0 Å². The van der Waals surface area contributed by atoms with Crippen molar-refractivity contribution in [1.29, 1.82) is 0 Å². The van der Waals surface area contributed by atoms with Gasteiger partial charge in [-0.1, -0.05) is 38.5 Å². The number of rotatable bonds is 32. The van der Waals surface area contributed by atoms with E-state index in [1.807, 2.05) is 0 Å². The Morgan fingerprint density at radius 1 is 0.315 bits per heavy atom. The Morgan fingerprint density at radius 3 is 0.808 bits per heavy atom. The van der Waals surface area contributed by atoms with Gasteiger partial charge in [0.2, 0.25) is 5.91 Å². The highest BCUT2D eigenvalue weighted by molar-refractivity contribution is 5.78. The van der Waals surface area contributed by atoms with E-state index < -0.39 is 158 Å². The summed E-state index contributed by atoms with van der Waals surface area (Å²) >= 11 is 0. The Bertz CT molecular complexity index is 1700. The number of carboxylic acids is 1. The highest BCUT2D eigenvalue weighted by Crippen LogP contribution is 2.66. The second-order valence-corrected chi connectivity index (χ2v) is 16.0. The lowest BCUT2D eigenvalue weighted by molar-refractivity contribution is -0.461. The summed E-state index contributed by atoms with van der Waals surface area (Å²) in [6.07, 6.45) is -28.8. The van der Waals surface area contributed by atoms with Gasteiger partial charge >= 0.3 is 101 Å². The van der Waals surface area contributed by atoms with E-state index in [9.17, 15) is 159 Å². The molecule has 0 rings (SSSR count). The number of carboxylic acid groups (broad SMARTS) is 1. The average Bonchev–Trinajstić information content (AvgIpc) is 3.20. The monoisotopic (exact) mass is 1160 g/mol. The molecule has 0 unspecified atom stereocenters. The summed E-state index contributed by atoms with van der Waals surface area (Å²) in [5.41, 5.74) is 0. The number of carbonyl (C=O) groups is 2. The van der Waals surface area contributed by atoms with E-state index in [2.05, 4.69) is 0 Å². The molecular formula is C35H35F34NO3. The van der Waals surface area contributed by atoms with Gasteiger partial charge in [-0.05, 0) is 38.5 Å². The fourth-order valence-corrected chi connectivity index (χ4v) is 6.07. The predicted molar refractivity (Wildman–Crippen MR) is 175 cm³/mol. The number of unbranched alkanes of at least 4 members (excludes halogenated alkanes) is 7. The zero-order valence-electron chi connectivity index (χ0n) is 35.5. The second kappa shape index (κ2) is 22.3. The van der Waals surface area contributed by atoms with Crippen LogP contribution in [0.3, 0.4) is 0 Å². The maximum atomic E-state index is 14.5. The Labute approximate surface area is 385 Å². The molecule has 0 saturated carbocycles. The van der Waals surface area contributed by atoms with Crippen molar-refractivity contribution in [3.05, 3.63) is 0 Å². The van der Waals surface area contributed by atoms with Gasteiger partial charge in [-0.3, -0.25) is 9.59 Å². The predicted octanol–water partition coefficient (Wildman–Crippen LogP) is 15.7. The molecule has 0 heterocycles. The van der Waals surface area contributed by atoms with Gasteiger partial charge in [0.05, 0.1) is 0 Å². The van der Waals surface area contributed by atoms with Crippen LogP contribution in [0.15, 0.2) is 0 Å². The zero-order valence-corrected chi connectivity index (χ0v) is 35.5. The number of nitrogens with one attached hydrogen (secondary N) is 1. The number of alkyl halides is 34. The smallest absolute Gasteiger partial charge is 0.460 e. The summed E-state index contributed by atoms with van der Waals surface area (Å²) in [4.78, 5) is 23.3. The molecule has 73 heavy (non-hydrogen) atoms. The molecule has 0 aromatic carbocycles. The van der Waals surface area contributed by atoms with Crippen molar-refractivity contribution in [3.63, 3.8) is 0 Å². The maximum absolute atomic E-state index is 14.5. The number of amides is 1. The number of halogens is 34. The Kier molecular flexibility index (Phi) is 21.2. The van der Waals surface area contributed by atoms with Gasteiger partial charge in [0.1, 0.15) is 0 Å². The lowest BCUT2D eigenvalue weighted by Gasteiger charge is -2.43. The standard InChI is InChI=1S/C35H35F34NO3/c36-20(37,22(40,41)24(44,45)26(48,49)28(52,53)30(56,57)32(60,61)34(64,65)66)14-9-11-17(19(73)70-16-8-6-4-2-1-3-5-7-13-18(71)72)12-10-15-21(38,39)23(42,43)25(46,47)27(50,51)29(54,55)31(58,59)33(62,63)35(67,68)69/h17H,1-16H2,(H,70,73)(H,71,72). The first-order chi connectivity index (χ1) is 31.9. The highest BCUT2D eigenvalue weighted by Gasteiger charge is 2.97. The van der Waals surface area contributed by atoms with E-state index in [-0.39, 0.29) is 32.1 Å². The molecule has 0 bridgehead atoms. The van der Waals surface area contributed by atoms with Crippen LogP contribution in [-0.4, -0.2) is 119 Å². The number of hydrogen-bond acceptors (Lipinski definition) is 2. The molecule has 1 amide bonds. The average molecular weight is 1160 g/mol. The summed E-state index contributed by atoms with van der Waals surface area (Å²) in [6, 6.07) is 0. The van der Waals surface area contributed by atoms with Gasteiger partial charge in [-0.2, -0.15) is 149 Å². The van der Waals surface area contributed by atoms with E-state index in [1.165, 1.54) is 0 Å². The molecule has 0 aliphatic rings. The molecule has 0 aromatic rings. The van der Waals surface area contributed by atoms with Gasteiger partial charge in [0, 0.05) is 31.7 Å². The number of hydrogen-bond donors (Lipinski definition) is 2. The first kappa shape index (κ1) is 69.6. The van der Waals surface area contributed by atoms with E-state index in [0.717, 1.165) is 0 Å². The first-order valence-corrected chi connectivity index (χ1v) is 19.8. The maximum Gasteiger partial charge on any atom is 0.460 e. The third-order valence-corrected chi connectivity index (χ3v) is 10.6. The second-order valence-electron chi connectivity index (χ2n) is 16.0. The highest BCUT2D eigenvalue weighted by atomic mass is 19.4. The van der Waals surface area contributed by atoms with Gasteiger partial charge < -0.3 is 10.4 Å². The molecule has 0 fully saturated rings. The molecule has 0 spiro atoms. The SMILES string of the molecule is O=C(O)CCCCCCCCCCNC(=O)C(CCCC(F)(F)C(F)(F)C(F)(F)C(F)(F)C(F)(F)C(F)(F)C(F)(F)C(F)(F)F)CCCC(F)(F)C(F)(F)C(F)(F)C(F)(F)C(F)(F)C(F)(F)C(F)(F)C(F)(F)F. The lowest BCUT2D eigenvalue weighted by Crippen LogP contribution is -2.74. The summed E-state index contributed by atoms with van der Waals surface area (Å²) in [7, 11) is 0. The number of aliphatic carboxylic acids is 1. The molecule has 0 aliphatic carbocycles. The van der Waals surface area contributed by atoms with Crippen molar-refractivity contribution in [2.24, 2.45) is 5.92 Å². The minimum atomic E-state index is -9.04. The minimum absolute atomic E-state index is 0.0953. The van der Waals surface area contributed by atoms with E-state index >= 15 is 0 Å². The van der Waals surface area contributed by atoms with Crippen LogP contribution in [0.4, 0.5) is 149 Å². The molecule has 4 nitrogen and oxygen atoms in total. The first-order valence-electron chi connectivity index (χ1n) is 19.8. The molecule has 436 valence electrons. The minimum Gasteiger partial charge on any atom is -0.481 e. The Balaban J connectivity index is 6.73. The quantitative estimate of drug-likeness (QED) is 0.0521. The molecule has 38 heteroatoms. The fourth-order valence-electron chi connectivity index (χ4n) is 6.07. The molecule has 0 aromatic heterocycles. The molecule has 0 aliphatic heterocycles. The summed E-state index contributed by atoms with van der Waals surface area (Å²) in [6.45, 7) is -0.669.